The lowest BCUT2D eigenvalue weighted by atomic mass is 9.64. The van der Waals surface area contributed by atoms with Crippen molar-refractivity contribution in [1.82, 2.24) is 10.6 Å². The van der Waals surface area contributed by atoms with Crippen LogP contribution in [0.15, 0.2) is 35.3 Å². The summed E-state index contributed by atoms with van der Waals surface area (Å²) in [5.41, 5.74) is 1.70. The van der Waals surface area contributed by atoms with Gasteiger partial charge in [-0.2, -0.15) is 0 Å². The molecule has 0 aromatic heterocycles. The lowest BCUT2D eigenvalue weighted by molar-refractivity contribution is 0.178. The summed E-state index contributed by atoms with van der Waals surface area (Å²) in [5, 5.41) is 6.84. The van der Waals surface area contributed by atoms with E-state index in [0.29, 0.717) is 6.61 Å². The smallest absolute Gasteiger partial charge is 0.191 e. The van der Waals surface area contributed by atoms with Crippen LogP contribution in [0.1, 0.15) is 31.7 Å². The minimum Gasteiger partial charge on any atom is -0.383 e. The second kappa shape index (κ2) is 7.46. The number of aliphatic imine (C=N–C) groups is 1. The highest BCUT2D eigenvalue weighted by Gasteiger charge is 2.38. The van der Waals surface area contributed by atoms with Crippen molar-refractivity contribution in [3.8, 4) is 0 Å². The Labute approximate surface area is 128 Å². The predicted octanol–water partition coefficient (Wildman–Crippen LogP) is 2.31. The lowest BCUT2D eigenvalue weighted by Gasteiger charge is -2.43. The molecular weight excluding hydrogens is 262 g/mol. The van der Waals surface area contributed by atoms with Crippen LogP contribution in [0.2, 0.25) is 0 Å². The first-order chi connectivity index (χ1) is 10.2. The minimum absolute atomic E-state index is 0.246. The van der Waals surface area contributed by atoms with Crippen LogP contribution in [0, 0.1) is 0 Å². The number of nitrogens with one attached hydrogen (secondary N) is 2. The highest BCUT2D eigenvalue weighted by Crippen LogP contribution is 2.43. The van der Waals surface area contributed by atoms with Crippen LogP contribution in [0.25, 0.3) is 0 Å². The van der Waals surface area contributed by atoms with E-state index in [0.717, 1.165) is 12.5 Å². The first-order valence-electron chi connectivity index (χ1n) is 7.72. The molecule has 0 bridgehead atoms. The zero-order chi connectivity index (χ0) is 15.1. The average molecular weight is 289 g/mol. The van der Waals surface area contributed by atoms with Crippen LogP contribution in [-0.2, 0) is 10.2 Å². The Kier molecular flexibility index (Phi) is 5.62. The number of methoxy groups -OCH3 is 1. The molecule has 0 heterocycles. The zero-order valence-electron chi connectivity index (χ0n) is 13.4. The Hall–Kier alpha value is -1.55. The van der Waals surface area contributed by atoms with Gasteiger partial charge in [-0.15, -0.1) is 0 Å². The maximum Gasteiger partial charge on any atom is 0.191 e. The molecule has 1 fully saturated rings. The fraction of sp³-hybridized carbons (Fsp3) is 0.588. The van der Waals surface area contributed by atoms with Crippen molar-refractivity contribution in [3.05, 3.63) is 35.9 Å². The van der Waals surface area contributed by atoms with E-state index in [2.05, 4.69) is 52.9 Å². The molecule has 1 unspecified atom stereocenters. The number of hydrogen-bond donors (Lipinski definition) is 2. The molecule has 2 N–H and O–H groups in total. The number of ether oxygens (including phenoxy) is 1. The highest BCUT2D eigenvalue weighted by atomic mass is 16.5. The Balaban J connectivity index is 1.94. The van der Waals surface area contributed by atoms with E-state index in [1.54, 1.807) is 7.11 Å². The van der Waals surface area contributed by atoms with Crippen LogP contribution < -0.4 is 10.6 Å². The third-order valence-electron chi connectivity index (χ3n) is 4.31. The molecule has 0 spiro atoms. The van der Waals surface area contributed by atoms with E-state index in [1.165, 1.54) is 24.8 Å². The van der Waals surface area contributed by atoms with Crippen LogP contribution in [-0.4, -0.2) is 39.3 Å². The third kappa shape index (κ3) is 3.97. The summed E-state index contributed by atoms with van der Waals surface area (Å²) in [4.78, 5) is 4.30. The van der Waals surface area contributed by atoms with Gasteiger partial charge in [0.1, 0.15) is 0 Å². The largest absolute Gasteiger partial charge is 0.383 e. The van der Waals surface area contributed by atoms with Crippen molar-refractivity contribution in [2.24, 2.45) is 4.99 Å². The van der Waals surface area contributed by atoms with Crippen LogP contribution in [0.4, 0.5) is 0 Å². The van der Waals surface area contributed by atoms with Crippen LogP contribution in [0.3, 0.4) is 0 Å². The van der Waals surface area contributed by atoms with Gasteiger partial charge in [-0.1, -0.05) is 36.8 Å². The number of nitrogens with zero attached hydrogens (tertiary/aromatic N) is 1. The topological polar surface area (TPSA) is 45.7 Å². The van der Waals surface area contributed by atoms with Gasteiger partial charge in [0.25, 0.3) is 0 Å². The molecule has 0 amide bonds. The van der Waals surface area contributed by atoms with Crippen molar-refractivity contribution in [2.75, 3.05) is 27.3 Å². The van der Waals surface area contributed by atoms with E-state index in [1.807, 2.05) is 7.05 Å². The molecule has 1 aliphatic carbocycles. The summed E-state index contributed by atoms with van der Waals surface area (Å²) in [6.07, 6.45) is 3.80. The number of hydrogen-bond acceptors (Lipinski definition) is 2. The number of guanidine groups is 1. The van der Waals surface area contributed by atoms with Crippen LogP contribution in [0.5, 0.6) is 0 Å². The second-order valence-electron chi connectivity index (χ2n) is 5.93. The van der Waals surface area contributed by atoms with E-state index in [-0.39, 0.29) is 11.5 Å². The fourth-order valence-corrected chi connectivity index (χ4v) is 2.94. The summed E-state index contributed by atoms with van der Waals surface area (Å²) in [5.74, 6) is 0.849. The summed E-state index contributed by atoms with van der Waals surface area (Å²) in [6.45, 7) is 3.69. The van der Waals surface area contributed by atoms with Gasteiger partial charge in [0, 0.05) is 32.2 Å². The summed E-state index contributed by atoms with van der Waals surface area (Å²) in [7, 11) is 3.53. The summed E-state index contributed by atoms with van der Waals surface area (Å²) >= 11 is 0. The van der Waals surface area contributed by atoms with Gasteiger partial charge < -0.3 is 15.4 Å². The maximum atomic E-state index is 5.15. The average Bonchev–Trinajstić information content (AvgIpc) is 2.46. The van der Waals surface area contributed by atoms with Gasteiger partial charge in [-0.05, 0) is 25.3 Å². The maximum absolute atomic E-state index is 5.15. The predicted molar refractivity (Wildman–Crippen MR) is 87.8 cm³/mol. The first kappa shape index (κ1) is 15.8. The van der Waals surface area contributed by atoms with Crippen molar-refractivity contribution >= 4 is 5.96 Å². The van der Waals surface area contributed by atoms with Gasteiger partial charge in [-0.3, -0.25) is 4.99 Å². The van der Waals surface area contributed by atoms with Crippen molar-refractivity contribution in [2.45, 2.75) is 37.6 Å². The number of benzene rings is 1. The van der Waals surface area contributed by atoms with Crippen molar-refractivity contribution < 1.29 is 4.74 Å². The first-order valence-corrected chi connectivity index (χ1v) is 7.72. The molecule has 116 valence electrons. The molecule has 1 aromatic carbocycles. The van der Waals surface area contributed by atoms with Gasteiger partial charge in [-0.25, -0.2) is 0 Å². The SMILES string of the molecule is CN=C(NCC1(c2ccccc2)CCC1)NC(C)COC. The van der Waals surface area contributed by atoms with E-state index >= 15 is 0 Å². The highest BCUT2D eigenvalue weighted by molar-refractivity contribution is 5.80. The minimum atomic E-state index is 0.246. The molecule has 0 radical (unpaired) electrons. The van der Waals surface area contributed by atoms with Crippen molar-refractivity contribution in [3.63, 3.8) is 0 Å². The van der Waals surface area contributed by atoms with E-state index in [4.69, 9.17) is 4.74 Å². The molecular formula is C17H27N3O. The standard InChI is InChI=1S/C17H27N3O/c1-14(12-21-3)20-16(18-2)19-13-17(10-7-11-17)15-8-5-4-6-9-15/h4-6,8-9,14H,7,10-13H2,1-3H3,(H2,18,19,20). The normalized spacial score (nSPS) is 18.7. The molecule has 0 aliphatic heterocycles. The van der Waals surface area contributed by atoms with Gasteiger partial charge in [0.05, 0.1) is 6.61 Å². The lowest BCUT2D eigenvalue weighted by Crippen LogP contribution is -2.51. The molecule has 1 aromatic rings. The van der Waals surface area contributed by atoms with E-state index in [9.17, 15) is 0 Å². The van der Waals surface area contributed by atoms with Crippen LogP contribution >= 0.6 is 0 Å². The molecule has 21 heavy (non-hydrogen) atoms. The Bertz CT molecular complexity index is 454. The van der Waals surface area contributed by atoms with Crippen molar-refractivity contribution in [1.29, 1.82) is 0 Å². The summed E-state index contributed by atoms with van der Waals surface area (Å²) in [6, 6.07) is 11.1. The summed E-state index contributed by atoms with van der Waals surface area (Å²) < 4.78 is 5.15. The second-order valence-corrected chi connectivity index (χ2v) is 5.93. The Morgan fingerprint density at radius 3 is 2.57 bits per heavy atom. The Morgan fingerprint density at radius 1 is 1.33 bits per heavy atom. The quantitative estimate of drug-likeness (QED) is 0.624. The van der Waals surface area contributed by atoms with Gasteiger partial charge >= 0.3 is 0 Å². The number of rotatable bonds is 6. The monoisotopic (exact) mass is 289 g/mol. The zero-order valence-corrected chi connectivity index (χ0v) is 13.4. The third-order valence-corrected chi connectivity index (χ3v) is 4.31. The Morgan fingerprint density at radius 2 is 2.05 bits per heavy atom. The van der Waals surface area contributed by atoms with E-state index < -0.39 is 0 Å². The molecule has 4 heteroatoms. The molecule has 1 aliphatic rings. The van der Waals surface area contributed by atoms with Gasteiger partial charge in [0.2, 0.25) is 0 Å². The molecule has 2 rings (SSSR count). The van der Waals surface area contributed by atoms with Gasteiger partial charge in [0.15, 0.2) is 5.96 Å². The molecule has 0 saturated heterocycles. The fourth-order valence-electron chi connectivity index (χ4n) is 2.94. The molecule has 1 atom stereocenters. The molecule has 1 saturated carbocycles. The molecule has 4 nitrogen and oxygen atoms in total.